The number of esters is 1. The Bertz CT molecular complexity index is 276. The van der Waals surface area contributed by atoms with Gasteiger partial charge in [0, 0.05) is 20.0 Å². The molecule has 4 nitrogen and oxygen atoms in total. The molecule has 0 bridgehead atoms. The van der Waals surface area contributed by atoms with Gasteiger partial charge >= 0.3 is 5.97 Å². The Morgan fingerprint density at radius 2 is 1.80 bits per heavy atom. The number of rotatable bonds is 11. The Balaban J connectivity index is 4.44. The van der Waals surface area contributed by atoms with Crippen LogP contribution in [0.4, 0.5) is 0 Å². The molecule has 0 N–H and O–H groups in total. The Labute approximate surface area is 123 Å². The van der Waals surface area contributed by atoms with Crippen molar-refractivity contribution < 1.29 is 19.1 Å². The van der Waals surface area contributed by atoms with E-state index < -0.39 is 0 Å². The van der Waals surface area contributed by atoms with Crippen molar-refractivity contribution in [2.45, 2.75) is 72.0 Å². The van der Waals surface area contributed by atoms with E-state index in [2.05, 4.69) is 6.92 Å². The number of ether oxygens (including phenoxy) is 2. The van der Waals surface area contributed by atoms with Gasteiger partial charge in [0.15, 0.2) is 0 Å². The molecule has 0 aromatic rings. The molecule has 0 aromatic carbocycles. The Hall–Kier alpha value is -0.900. The highest BCUT2D eigenvalue weighted by molar-refractivity contribution is 5.71. The maximum absolute atomic E-state index is 11.7. The number of carbonyl (C=O) groups is 2. The molecule has 4 heteroatoms. The van der Waals surface area contributed by atoms with Crippen molar-refractivity contribution in [1.29, 1.82) is 0 Å². The third kappa shape index (κ3) is 8.31. The van der Waals surface area contributed by atoms with Gasteiger partial charge in [-0.2, -0.15) is 0 Å². The number of hydrogen-bond donors (Lipinski definition) is 0. The van der Waals surface area contributed by atoms with Gasteiger partial charge in [0.2, 0.25) is 0 Å². The van der Waals surface area contributed by atoms with E-state index in [1.165, 1.54) is 0 Å². The van der Waals surface area contributed by atoms with Crippen molar-refractivity contribution in [3.05, 3.63) is 0 Å². The van der Waals surface area contributed by atoms with E-state index in [4.69, 9.17) is 9.47 Å². The summed E-state index contributed by atoms with van der Waals surface area (Å²) in [5.41, 5.74) is 0. The molecule has 0 spiro atoms. The van der Waals surface area contributed by atoms with Gasteiger partial charge in [0.25, 0.3) is 0 Å². The van der Waals surface area contributed by atoms with E-state index in [1.54, 1.807) is 7.11 Å². The minimum atomic E-state index is -0.153. The smallest absolute Gasteiger partial charge is 0.308 e. The lowest BCUT2D eigenvalue weighted by Gasteiger charge is -2.25. The molecule has 0 radical (unpaired) electrons. The second kappa shape index (κ2) is 10.8. The average molecular weight is 286 g/mol. The molecule has 0 aliphatic heterocycles. The van der Waals surface area contributed by atoms with E-state index >= 15 is 0 Å². The first-order valence-electron chi connectivity index (χ1n) is 7.61. The van der Waals surface area contributed by atoms with Crippen LogP contribution in [-0.2, 0) is 19.1 Å². The van der Waals surface area contributed by atoms with E-state index in [-0.39, 0.29) is 24.1 Å². The zero-order valence-corrected chi connectivity index (χ0v) is 13.6. The third-order valence-corrected chi connectivity index (χ3v) is 3.39. The van der Waals surface area contributed by atoms with Crippen molar-refractivity contribution >= 4 is 12.3 Å². The Morgan fingerprint density at radius 1 is 1.15 bits per heavy atom. The minimum absolute atomic E-state index is 0.0291. The molecule has 118 valence electrons. The van der Waals surface area contributed by atoms with Crippen LogP contribution in [0.15, 0.2) is 0 Å². The number of carbonyl (C=O) groups excluding carboxylic acids is 2. The van der Waals surface area contributed by atoms with Crippen molar-refractivity contribution in [3.63, 3.8) is 0 Å². The molecular weight excluding hydrogens is 256 g/mol. The van der Waals surface area contributed by atoms with Crippen LogP contribution in [-0.4, -0.2) is 31.6 Å². The molecular formula is C16H30O4. The van der Waals surface area contributed by atoms with E-state index in [9.17, 15) is 9.59 Å². The van der Waals surface area contributed by atoms with E-state index in [0.717, 1.165) is 25.5 Å². The molecule has 0 fully saturated rings. The SMILES string of the molecule is CCC[C@@H](C[C@H](C[C@H](C)CC=O)OC)OC(=O)C(C)C. The van der Waals surface area contributed by atoms with Gasteiger partial charge in [-0.25, -0.2) is 0 Å². The normalized spacial score (nSPS) is 15.7. The first-order valence-corrected chi connectivity index (χ1v) is 7.61. The zero-order valence-electron chi connectivity index (χ0n) is 13.6. The van der Waals surface area contributed by atoms with Crippen molar-refractivity contribution in [3.8, 4) is 0 Å². The molecule has 0 aromatic heterocycles. The molecule has 0 aliphatic carbocycles. The molecule has 0 unspecified atom stereocenters. The first-order chi connectivity index (χ1) is 9.44. The van der Waals surface area contributed by atoms with Crippen LogP contribution in [0.5, 0.6) is 0 Å². The molecule has 0 heterocycles. The Kier molecular flexibility index (Phi) is 10.3. The molecule has 0 rings (SSSR count). The second-order valence-electron chi connectivity index (χ2n) is 5.84. The topological polar surface area (TPSA) is 52.6 Å². The summed E-state index contributed by atoms with van der Waals surface area (Å²) in [7, 11) is 1.67. The van der Waals surface area contributed by atoms with Crippen LogP contribution in [0.2, 0.25) is 0 Å². The van der Waals surface area contributed by atoms with E-state index in [0.29, 0.717) is 18.8 Å². The van der Waals surface area contributed by atoms with Crippen LogP contribution < -0.4 is 0 Å². The van der Waals surface area contributed by atoms with Gasteiger partial charge in [0.05, 0.1) is 12.0 Å². The Morgan fingerprint density at radius 3 is 2.25 bits per heavy atom. The predicted molar refractivity (Wildman–Crippen MR) is 79.5 cm³/mol. The monoisotopic (exact) mass is 286 g/mol. The second-order valence-corrected chi connectivity index (χ2v) is 5.84. The fourth-order valence-corrected chi connectivity index (χ4v) is 2.14. The average Bonchev–Trinajstić information content (AvgIpc) is 2.38. The van der Waals surface area contributed by atoms with Crippen LogP contribution in [0.25, 0.3) is 0 Å². The zero-order chi connectivity index (χ0) is 15.5. The summed E-state index contributed by atoms with van der Waals surface area (Å²) in [5, 5.41) is 0. The van der Waals surface area contributed by atoms with Gasteiger partial charge in [-0.1, -0.05) is 34.1 Å². The van der Waals surface area contributed by atoms with Crippen molar-refractivity contribution in [2.24, 2.45) is 11.8 Å². The maximum Gasteiger partial charge on any atom is 0.308 e. The van der Waals surface area contributed by atoms with Crippen LogP contribution in [0.1, 0.15) is 59.8 Å². The lowest BCUT2D eigenvalue weighted by atomic mass is 9.96. The minimum Gasteiger partial charge on any atom is -0.462 e. The van der Waals surface area contributed by atoms with Gasteiger partial charge in [-0.15, -0.1) is 0 Å². The fourth-order valence-electron chi connectivity index (χ4n) is 2.14. The highest BCUT2D eigenvalue weighted by Gasteiger charge is 2.22. The van der Waals surface area contributed by atoms with Crippen molar-refractivity contribution in [2.75, 3.05) is 7.11 Å². The van der Waals surface area contributed by atoms with Gasteiger partial charge < -0.3 is 14.3 Å². The van der Waals surface area contributed by atoms with Gasteiger partial charge in [0.1, 0.15) is 12.4 Å². The molecule has 3 atom stereocenters. The molecule has 0 saturated carbocycles. The molecule has 0 saturated heterocycles. The summed E-state index contributed by atoms with van der Waals surface area (Å²) in [4.78, 5) is 22.2. The third-order valence-electron chi connectivity index (χ3n) is 3.39. The molecule has 0 aliphatic rings. The fraction of sp³-hybridized carbons (Fsp3) is 0.875. The maximum atomic E-state index is 11.7. The van der Waals surface area contributed by atoms with E-state index in [1.807, 2.05) is 20.8 Å². The van der Waals surface area contributed by atoms with Gasteiger partial charge in [-0.3, -0.25) is 4.79 Å². The number of aldehydes is 1. The van der Waals surface area contributed by atoms with Crippen LogP contribution in [0.3, 0.4) is 0 Å². The standard InChI is InChI=1S/C16H30O4/c1-6-7-14(20-16(18)12(2)3)11-15(19-5)10-13(4)8-9-17/h9,12-15H,6-8,10-11H2,1-5H3/t13-,14+,15+/m1/s1. The van der Waals surface area contributed by atoms with Crippen molar-refractivity contribution in [1.82, 2.24) is 0 Å². The number of methoxy groups -OCH3 is 1. The predicted octanol–water partition coefficient (Wildman–Crippen LogP) is 3.37. The largest absolute Gasteiger partial charge is 0.462 e. The summed E-state index contributed by atoms with van der Waals surface area (Å²) in [5.74, 6) is 0.0316. The molecule has 0 amide bonds. The number of hydrogen-bond acceptors (Lipinski definition) is 4. The summed E-state index contributed by atoms with van der Waals surface area (Å²) < 4.78 is 11.0. The van der Waals surface area contributed by atoms with Gasteiger partial charge in [-0.05, 0) is 18.8 Å². The van der Waals surface area contributed by atoms with Crippen LogP contribution >= 0.6 is 0 Å². The van der Waals surface area contributed by atoms with Crippen LogP contribution in [0, 0.1) is 11.8 Å². The lowest BCUT2D eigenvalue weighted by Crippen LogP contribution is -2.28. The first kappa shape index (κ1) is 19.1. The quantitative estimate of drug-likeness (QED) is 0.431. The highest BCUT2D eigenvalue weighted by Crippen LogP contribution is 2.20. The highest BCUT2D eigenvalue weighted by atomic mass is 16.5. The lowest BCUT2D eigenvalue weighted by molar-refractivity contribution is -0.155. The molecule has 20 heavy (non-hydrogen) atoms. The summed E-state index contributed by atoms with van der Waals surface area (Å²) in [6.45, 7) is 7.79. The summed E-state index contributed by atoms with van der Waals surface area (Å²) in [6.07, 6.45) is 4.76. The summed E-state index contributed by atoms with van der Waals surface area (Å²) >= 11 is 0. The summed E-state index contributed by atoms with van der Waals surface area (Å²) in [6, 6.07) is 0.